The Hall–Kier alpha value is -3.24. The number of rotatable bonds is 6. The fourth-order valence-electron chi connectivity index (χ4n) is 1.38. The number of nitrogens with zero attached hydrogens (tertiary/aromatic N) is 2. The van der Waals surface area contributed by atoms with Gasteiger partial charge in [-0.3, -0.25) is 25.0 Å². The Morgan fingerprint density at radius 2 is 1.81 bits per heavy atom. The van der Waals surface area contributed by atoms with Crippen LogP contribution in [-0.4, -0.2) is 33.5 Å². The quantitative estimate of drug-likeness (QED) is 0.504. The summed E-state index contributed by atoms with van der Waals surface area (Å²) in [6.45, 7) is -0.881. The largest absolute Gasteiger partial charge is 0.480 e. The molecular weight excluding hydrogens is 288 g/mol. The second kappa shape index (κ2) is 6.79. The van der Waals surface area contributed by atoms with E-state index < -0.39 is 39.8 Å². The van der Waals surface area contributed by atoms with Gasteiger partial charge in [-0.05, 0) is 6.07 Å². The number of nitro benzene ring substituents is 2. The van der Waals surface area contributed by atoms with E-state index in [9.17, 15) is 29.8 Å². The highest BCUT2D eigenvalue weighted by Gasteiger charge is 2.19. The third kappa shape index (κ3) is 4.74. The number of nitro groups is 2. The van der Waals surface area contributed by atoms with Gasteiger partial charge in [0.15, 0.2) is 0 Å². The molecule has 0 heterocycles. The standard InChI is InChI=1S/C10H10N4O7/c15-9(16)5-12-10(17)11-4-6-1-2-7(13(18)19)3-8(6)14(20)21/h1-3H,4-5H2,(H,15,16)(H2,11,12,17). The number of benzene rings is 1. The van der Waals surface area contributed by atoms with Crippen LogP contribution in [0.2, 0.25) is 0 Å². The Balaban J connectivity index is 2.79. The van der Waals surface area contributed by atoms with Crippen molar-refractivity contribution in [3.63, 3.8) is 0 Å². The van der Waals surface area contributed by atoms with E-state index in [1.54, 1.807) is 0 Å². The number of urea groups is 1. The second-order valence-electron chi connectivity index (χ2n) is 3.76. The van der Waals surface area contributed by atoms with Gasteiger partial charge in [0, 0.05) is 11.6 Å². The van der Waals surface area contributed by atoms with Crippen LogP contribution in [0.1, 0.15) is 5.56 Å². The van der Waals surface area contributed by atoms with Gasteiger partial charge in [-0.25, -0.2) is 4.79 Å². The molecule has 0 aliphatic rings. The lowest BCUT2D eigenvalue weighted by Gasteiger charge is -2.06. The van der Waals surface area contributed by atoms with Crippen LogP contribution < -0.4 is 10.6 Å². The van der Waals surface area contributed by atoms with E-state index in [-0.39, 0.29) is 12.1 Å². The summed E-state index contributed by atoms with van der Waals surface area (Å²) < 4.78 is 0. The molecule has 0 radical (unpaired) electrons. The molecule has 0 unspecified atom stereocenters. The fraction of sp³-hybridized carbons (Fsp3) is 0.200. The molecule has 0 saturated heterocycles. The van der Waals surface area contributed by atoms with Gasteiger partial charge in [0.2, 0.25) is 0 Å². The number of nitrogens with one attached hydrogen (secondary N) is 2. The highest BCUT2D eigenvalue weighted by atomic mass is 16.6. The molecule has 0 fully saturated rings. The van der Waals surface area contributed by atoms with E-state index in [0.29, 0.717) is 0 Å². The minimum atomic E-state index is -1.24. The van der Waals surface area contributed by atoms with Crippen molar-refractivity contribution in [2.45, 2.75) is 6.54 Å². The van der Waals surface area contributed by atoms with Crippen LogP contribution in [0.3, 0.4) is 0 Å². The molecule has 11 heteroatoms. The lowest BCUT2D eigenvalue weighted by Crippen LogP contribution is -2.38. The van der Waals surface area contributed by atoms with Crippen LogP contribution in [0.4, 0.5) is 16.2 Å². The van der Waals surface area contributed by atoms with Crippen LogP contribution in [0.25, 0.3) is 0 Å². The summed E-state index contributed by atoms with van der Waals surface area (Å²) in [6.07, 6.45) is 0. The summed E-state index contributed by atoms with van der Waals surface area (Å²) in [4.78, 5) is 41.2. The summed E-state index contributed by atoms with van der Waals surface area (Å²) in [6, 6.07) is 2.17. The molecule has 0 saturated carbocycles. The van der Waals surface area contributed by atoms with Crippen molar-refractivity contribution >= 4 is 23.4 Å². The maximum absolute atomic E-state index is 11.2. The first kappa shape index (κ1) is 15.8. The van der Waals surface area contributed by atoms with Crippen molar-refractivity contribution in [3.05, 3.63) is 44.0 Å². The van der Waals surface area contributed by atoms with Gasteiger partial charge in [0.25, 0.3) is 11.4 Å². The van der Waals surface area contributed by atoms with Gasteiger partial charge < -0.3 is 15.7 Å². The number of hydrogen-bond acceptors (Lipinski definition) is 6. The van der Waals surface area contributed by atoms with E-state index in [0.717, 1.165) is 18.2 Å². The number of non-ortho nitro benzene ring substituents is 1. The van der Waals surface area contributed by atoms with E-state index >= 15 is 0 Å². The Morgan fingerprint density at radius 1 is 1.14 bits per heavy atom. The van der Waals surface area contributed by atoms with Gasteiger partial charge in [-0.15, -0.1) is 0 Å². The summed E-state index contributed by atoms with van der Waals surface area (Å²) in [5, 5.41) is 33.9. The smallest absolute Gasteiger partial charge is 0.323 e. The molecule has 1 aromatic rings. The number of carboxylic acid groups (broad SMARTS) is 1. The summed E-state index contributed by atoms with van der Waals surface area (Å²) in [5.41, 5.74) is -0.903. The molecule has 0 aromatic heterocycles. The van der Waals surface area contributed by atoms with Crippen molar-refractivity contribution in [1.29, 1.82) is 0 Å². The Bertz CT molecular complexity index is 601. The Kier molecular flexibility index (Phi) is 5.11. The van der Waals surface area contributed by atoms with Gasteiger partial charge >= 0.3 is 12.0 Å². The molecule has 0 aliphatic carbocycles. The number of carbonyl (C=O) groups excluding carboxylic acids is 1. The molecule has 3 N–H and O–H groups in total. The third-order valence-electron chi connectivity index (χ3n) is 2.32. The van der Waals surface area contributed by atoms with Crippen LogP contribution in [0.5, 0.6) is 0 Å². The molecule has 0 bridgehead atoms. The van der Waals surface area contributed by atoms with Crippen molar-refractivity contribution in [1.82, 2.24) is 10.6 Å². The van der Waals surface area contributed by atoms with Crippen molar-refractivity contribution in [2.24, 2.45) is 0 Å². The molecule has 2 amide bonds. The minimum Gasteiger partial charge on any atom is -0.480 e. The van der Waals surface area contributed by atoms with E-state index in [1.165, 1.54) is 0 Å². The average Bonchev–Trinajstić information content (AvgIpc) is 2.42. The van der Waals surface area contributed by atoms with Crippen molar-refractivity contribution in [2.75, 3.05) is 6.54 Å². The first-order valence-electron chi connectivity index (χ1n) is 5.46. The molecule has 1 rings (SSSR count). The number of amides is 2. The normalized spacial score (nSPS) is 9.71. The zero-order chi connectivity index (χ0) is 16.0. The van der Waals surface area contributed by atoms with Gasteiger partial charge in [-0.2, -0.15) is 0 Å². The van der Waals surface area contributed by atoms with Gasteiger partial charge in [0.1, 0.15) is 6.54 Å². The molecule has 0 aliphatic heterocycles. The molecule has 11 nitrogen and oxygen atoms in total. The molecule has 21 heavy (non-hydrogen) atoms. The first-order chi connectivity index (χ1) is 9.81. The summed E-state index contributed by atoms with van der Waals surface area (Å²) in [5.74, 6) is -1.24. The number of carbonyl (C=O) groups is 2. The highest BCUT2D eigenvalue weighted by Crippen LogP contribution is 2.24. The lowest BCUT2D eigenvalue weighted by molar-refractivity contribution is -0.394. The molecule has 0 atom stereocenters. The minimum absolute atomic E-state index is 0.0519. The summed E-state index contributed by atoms with van der Waals surface area (Å²) >= 11 is 0. The van der Waals surface area contributed by atoms with E-state index in [1.807, 2.05) is 5.32 Å². The second-order valence-corrected chi connectivity index (χ2v) is 3.76. The molecular formula is C10H10N4O7. The maximum Gasteiger partial charge on any atom is 0.323 e. The lowest BCUT2D eigenvalue weighted by atomic mass is 10.1. The average molecular weight is 298 g/mol. The van der Waals surface area contributed by atoms with Gasteiger partial charge in [-0.1, -0.05) is 0 Å². The predicted molar refractivity (Wildman–Crippen MR) is 67.6 cm³/mol. The zero-order valence-electron chi connectivity index (χ0n) is 10.4. The number of carboxylic acids is 1. The van der Waals surface area contributed by atoms with Crippen molar-refractivity contribution in [3.8, 4) is 0 Å². The number of hydrogen-bond donors (Lipinski definition) is 3. The molecule has 112 valence electrons. The SMILES string of the molecule is O=C(O)CNC(=O)NCc1ccc([N+](=O)[O-])cc1[N+](=O)[O-]. The Labute approximate surface area is 116 Å². The van der Waals surface area contributed by atoms with Gasteiger partial charge in [0.05, 0.1) is 22.5 Å². The van der Waals surface area contributed by atoms with Crippen LogP contribution in [0, 0.1) is 20.2 Å². The number of aliphatic carboxylic acids is 1. The third-order valence-corrected chi connectivity index (χ3v) is 2.32. The topological polar surface area (TPSA) is 165 Å². The fourth-order valence-corrected chi connectivity index (χ4v) is 1.38. The first-order valence-corrected chi connectivity index (χ1v) is 5.46. The molecule has 1 aromatic carbocycles. The van der Waals surface area contributed by atoms with Crippen LogP contribution in [0.15, 0.2) is 18.2 Å². The highest BCUT2D eigenvalue weighted by molar-refractivity contribution is 5.79. The predicted octanol–water partition coefficient (Wildman–Crippen LogP) is 0.387. The molecule has 0 spiro atoms. The van der Waals surface area contributed by atoms with Crippen molar-refractivity contribution < 1.29 is 24.5 Å². The monoisotopic (exact) mass is 298 g/mol. The van der Waals surface area contributed by atoms with E-state index in [4.69, 9.17) is 5.11 Å². The zero-order valence-corrected chi connectivity index (χ0v) is 10.4. The maximum atomic E-state index is 11.2. The van der Waals surface area contributed by atoms with Crippen LogP contribution in [-0.2, 0) is 11.3 Å². The summed E-state index contributed by atoms with van der Waals surface area (Å²) in [7, 11) is 0. The van der Waals surface area contributed by atoms with Crippen LogP contribution >= 0.6 is 0 Å². The Morgan fingerprint density at radius 3 is 2.33 bits per heavy atom. The van der Waals surface area contributed by atoms with E-state index in [2.05, 4.69) is 5.32 Å².